The molecule has 1 aromatic rings. The van der Waals surface area contributed by atoms with Gasteiger partial charge in [0.05, 0.1) is 36.4 Å². The summed E-state index contributed by atoms with van der Waals surface area (Å²) in [6, 6.07) is 3.29. The number of ether oxygens (including phenoxy) is 2. The minimum Gasteiger partial charge on any atom is -0.490 e. The van der Waals surface area contributed by atoms with Gasteiger partial charge in [-0.05, 0) is 13.0 Å². The van der Waals surface area contributed by atoms with Crippen LogP contribution in [0.25, 0.3) is 0 Å². The number of hydrogen-bond donors (Lipinski definition) is 2. The number of amides is 1. The summed E-state index contributed by atoms with van der Waals surface area (Å²) in [5, 5.41) is 12.1. The molecular weight excluding hydrogens is 336 g/mol. The molecule has 1 aromatic carbocycles. The highest BCUT2D eigenvalue weighted by atomic mass is 35.5. The standard InChI is InChI=1S/C16H19ClN2O5/c17-11-6-13-14(24-5-1-4-23-13)7-12(11)18-15(20)9-19-3-2-10(8-19)16(21)22/h6-7,10H,1-5,8-9H2,(H,18,20)(H,21,22). The first kappa shape index (κ1) is 16.9. The van der Waals surface area contributed by atoms with Gasteiger partial charge in [0.25, 0.3) is 0 Å². The number of fused-ring (bicyclic) bond motifs is 1. The first-order valence-electron chi connectivity index (χ1n) is 7.87. The van der Waals surface area contributed by atoms with Crippen molar-refractivity contribution in [3.63, 3.8) is 0 Å². The van der Waals surface area contributed by atoms with Crippen molar-refractivity contribution < 1.29 is 24.2 Å². The highest BCUT2D eigenvalue weighted by molar-refractivity contribution is 6.34. The number of halogens is 1. The Morgan fingerprint density at radius 1 is 1.29 bits per heavy atom. The summed E-state index contributed by atoms with van der Waals surface area (Å²) < 4.78 is 11.1. The Bertz CT molecular complexity index is 652. The second-order valence-electron chi connectivity index (χ2n) is 5.94. The van der Waals surface area contributed by atoms with Gasteiger partial charge in [-0.3, -0.25) is 14.5 Å². The fourth-order valence-electron chi connectivity index (χ4n) is 2.85. The van der Waals surface area contributed by atoms with Crippen LogP contribution in [0.2, 0.25) is 5.02 Å². The summed E-state index contributed by atoms with van der Waals surface area (Å²) in [7, 11) is 0. The van der Waals surface area contributed by atoms with Crippen LogP contribution < -0.4 is 14.8 Å². The number of carbonyl (C=O) groups excluding carboxylic acids is 1. The van der Waals surface area contributed by atoms with Crippen molar-refractivity contribution in [1.29, 1.82) is 0 Å². The number of carboxylic acids is 1. The molecule has 0 spiro atoms. The van der Waals surface area contributed by atoms with E-state index in [4.69, 9.17) is 26.2 Å². The summed E-state index contributed by atoms with van der Waals surface area (Å²) >= 11 is 6.20. The van der Waals surface area contributed by atoms with Gasteiger partial charge < -0.3 is 19.9 Å². The lowest BCUT2D eigenvalue weighted by molar-refractivity contribution is -0.141. The van der Waals surface area contributed by atoms with Crippen LogP contribution in [0.1, 0.15) is 12.8 Å². The number of carbonyl (C=O) groups is 2. The van der Waals surface area contributed by atoms with Gasteiger partial charge in [-0.1, -0.05) is 11.6 Å². The van der Waals surface area contributed by atoms with E-state index in [-0.39, 0.29) is 12.5 Å². The molecule has 2 N–H and O–H groups in total. The lowest BCUT2D eigenvalue weighted by Gasteiger charge is -2.16. The Hall–Kier alpha value is -1.99. The number of rotatable bonds is 4. The smallest absolute Gasteiger partial charge is 0.307 e. The SMILES string of the molecule is O=C(CN1CCC(C(=O)O)C1)Nc1cc2c(cc1Cl)OCCCO2. The van der Waals surface area contributed by atoms with Crippen LogP contribution in [0.15, 0.2) is 12.1 Å². The van der Waals surface area contributed by atoms with Crippen molar-refractivity contribution in [2.75, 3.05) is 38.2 Å². The summed E-state index contributed by atoms with van der Waals surface area (Å²) in [6.45, 7) is 2.23. The Kier molecular flexibility index (Phi) is 5.11. The molecule has 1 saturated heterocycles. The third-order valence-electron chi connectivity index (χ3n) is 4.10. The minimum absolute atomic E-state index is 0.133. The predicted octanol–water partition coefficient (Wildman–Crippen LogP) is 1.85. The lowest BCUT2D eigenvalue weighted by atomic mass is 10.1. The average molecular weight is 355 g/mol. The van der Waals surface area contributed by atoms with Crippen LogP contribution >= 0.6 is 11.6 Å². The maximum atomic E-state index is 12.2. The van der Waals surface area contributed by atoms with E-state index in [0.29, 0.717) is 54.9 Å². The third kappa shape index (κ3) is 3.91. The van der Waals surface area contributed by atoms with Crippen LogP contribution in [-0.4, -0.2) is 54.7 Å². The molecule has 0 bridgehead atoms. The molecule has 1 amide bonds. The van der Waals surface area contributed by atoms with E-state index in [9.17, 15) is 9.59 Å². The Morgan fingerprint density at radius 3 is 2.67 bits per heavy atom. The summed E-state index contributed by atoms with van der Waals surface area (Å²) in [5.41, 5.74) is 0.458. The van der Waals surface area contributed by atoms with Crippen molar-refractivity contribution in [2.24, 2.45) is 5.92 Å². The van der Waals surface area contributed by atoms with Crippen molar-refractivity contribution >= 4 is 29.2 Å². The van der Waals surface area contributed by atoms with Gasteiger partial charge in [0.2, 0.25) is 5.91 Å². The average Bonchev–Trinajstić information content (AvgIpc) is 2.87. The lowest BCUT2D eigenvalue weighted by Crippen LogP contribution is -2.32. The van der Waals surface area contributed by atoms with Crippen molar-refractivity contribution in [3.8, 4) is 11.5 Å². The molecule has 2 aliphatic heterocycles. The molecule has 0 aliphatic carbocycles. The maximum Gasteiger partial charge on any atom is 0.307 e. The quantitative estimate of drug-likeness (QED) is 0.858. The van der Waals surface area contributed by atoms with E-state index in [0.717, 1.165) is 6.42 Å². The van der Waals surface area contributed by atoms with Crippen molar-refractivity contribution in [1.82, 2.24) is 4.90 Å². The van der Waals surface area contributed by atoms with Gasteiger partial charge in [0, 0.05) is 25.1 Å². The van der Waals surface area contributed by atoms with Crippen LogP contribution in [0.4, 0.5) is 5.69 Å². The van der Waals surface area contributed by atoms with Gasteiger partial charge in [0.1, 0.15) is 0 Å². The molecule has 1 fully saturated rings. The van der Waals surface area contributed by atoms with E-state index >= 15 is 0 Å². The van der Waals surface area contributed by atoms with E-state index < -0.39 is 11.9 Å². The molecule has 0 aromatic heterocycles. The Labute approximate surface area is 144 Å². The number of likely N-dealkylation sites (tertiary alicyclic amines) is 1. The maximum absolute atomic E-state index is 12.2. The van der Waals surface area contributed by atoms with Crippen molar-refractivity contribution in [3.05, 3.63) is 17.2 Å². The fraction of sp³-hybridized carbons (Fsp3) is 0.500. The van der Waals surface area contributed by atoms with E-state index in [1.165, 1.54) is 0 Å². The largest absolute Gasteiger partial charge is 0.490 e. The fourth-order valence-corrected chi connectivity index (χ4v) is 3.05. The minimum atomic E-state index is -0.816. The summed E-state index contributed by atoms with van der Waals surface area (Å²) in [4.78, 5) is 25.0. The number of aliphatic carboxylic acids is 1. The Balaban J connectivity index is 1.62. The number of benzene rings is 1. The second kappa shape index (κ2) is 7.27. The van der Waals surface area contributed by atoms with Crippen molar-refractivity contribution in [2.45, 2.75) is 12.8 Å². The number of nitrogens with zero attached hydrogens (tertiary/aromatic N) is 1. The molecule has 8 heteroatoms. The van der Waals surface area contributed by atoms with Crippen LogP contribution in [-0.2, 0) is 9.59 Å². The normalized spacial score (nSPS) is 20.5. The van der Waals surface area contributed by atoms with Gasteiger partial charge >= 0.3 is 5.97 Å². The zero-order valence-electron chi connectivity index (χ0n) is 13.1. The first-order chi connectivity index (χ1) is 11.5. The Morgan fingerprint density at radius 2 is 2.00 bits per heavy atom. The van der Waals surface area contributed by atoms with Crippen LogP contribution in [0.5, 0.6) is 11.5 Å². The van der Waals surface area contributed by atoms with E-state index in [2.05, 4.69) is 5.32 Å². The molecule has 2 heterocycles. The van der Waals surface area contributed by atoms with Gasteiger partial charge in [-0.25, -0.2) is 0 Å². The molecule has 24 heavy (non-hydrogen) atoms. The van der Waals surface area contributed by atoms with E-state index in [1.807, 2.05) is 4.90 Å². The summed E-state index contributed by atoms with van der Waals surface area (Å²) in [6.07, 6.45) is 1.35. The van der Waals surface area contributed by atoms with Gasteiger partial charge in [0.15, 0.2) is 11.5 Å². The molecular formula is C16H19ClN2O5. The molecule has 2 aliphatic rings. The number of hydrogen-bond acceptors (Lipinski definition) is 5. The monoisotopic (exact) mass is 354 g/mol. The molecule has 1 unspecified atom stereocenters. The third-order valence-corrected chi connectivity index (χ3v) is 4.41. The molecule has 7 nitrogen and oxygen atoms in total. The van der Waals surface area contributed by atoms with Gasteiger partial charge in [-0.15, -0.1) is 0 Å². The number of nitrogens with one attached hydrogen (secondary N) is 1. The number of anilines is 1. The molecule has 0 saturated carbocycles. The van der Waals surface area contributed by atoms with Gasteiger partial charge in [-0.2, -0.15) is 0 Å². The first-order valence-corrected chi connectivity index (χ1v) is 8.25. The topological polar surface area (TPSA) is 88.1 Å². The summed E-state index contributed by atoms with van der Waals surface area (Å²) in [5.74, 6) is -0.334. The molecule has 130 valence electrons. The van der Waals surface area contributed by atoms with Crippen LogP contribution in [0, 0.1) is 5.92 Å². The zero-order valence-corrected chi connectivity index (χ0v) is 13.8. The molecule has 1 atom stereocenters. The highest BCUT2D eigenvalue weighted by Gasteiger charge is 2.29. The molecule has 0 radical (unpaired) electrons. The zero-order chi connectivity index (χ0) is 17.1. The predicted molar refractivity (Wildman–Crippen MR) is 87.9 cm³/mol. The van der Waals surface area contributed by atoms with E-state index in [1.54, 1.807) is 12.1 Å². The second-order valence-corrected chi connectivity index (χ2v) is 6.34. The number of carboxylic acid groups (broad SMARTS) is 1. The highest BCUT2D eigenvalue weighted by Crippen LogP contribution is 2.37. The molecule has 3 rings (SSSR count). The van der Waals surface area contributed by atoms with Crippen LogP contribution in [0.3, 0.4) is 0 Å².